The Kier molecular flexibility index (Phi) is 6.61. The number of halogens is 1. The maximum atomic E-state index is 10.3. The lowest BCUT2D eigenvalue weighted by Crippen LogP contribution is -1.88. The fourth-order valence-corrected chi connectivity index (χ4v) is 1.02. The van der Waals surface area contributed by atoms with Gasteiger partial charge in [0.2, 0.25) is 0 Å². The van der Waals surface area contributed by atoms with E-state index in [0.717, 1.165) is 19.0 Å². The maximum absolute atomic E-state index is 10.3. The summed E-state index contributed by atoms with van der Waals surface area (Å²) in [5, 5.41) is 7.00. The van der Waals surface area contributed by atoms with E-state index in [9.17, 15) is 4.79 Å². The summed E-state index contributed by atoms with van der Waals surface area (Å²) in [6.45, 7) is 0. The van der Waals surface area contributed by atoms with E-state index in [0.29, 0.717) is 0 Å². The van der Waals surface area contributed by atoms with Gasteiger partial charge in [0.05, 0.1) is 4.83 Å². The highest BCUT2D eigenvalue weighted by atomic mass is 79.9. The molecule has 1 atom stereocenters. The zero-order chi connectivity index (χ0) is 9.40. The van der Waals surface area contributed by atoms with Crippen LogP contribution in [0, 0.1) is 0 Å². The molecule has 0 bridgehead atoms. The van der Waals surface area contributed by atoms with Gasteiger partial charge in [-0.05, 0) is 5.56 Å². The summed E-state index contributed by atoms with van der Waals surface area (Å²) in [6.07, 6.45) is 0.870. The van der Waals surface area contributed by atoms with Crippen LogP contribution in [0.2, 0.25) is 0 Å². The van der Waals surface area contributed by atoms with Crippen LogP contribution in [0.5, 0.6) is 0 Å². The molecule has 0 aliphatic rings. The first kappa shape index (κ1) is 11.3. The third-order valence-electron chi connectivity index (χ3n) is 1.24. The molecule has 3 heteroatoms. The number of aliphatic hydroxyl groups excluding tert-OH is 1. The molecule has 66 valence electrons. The van der Waals surface area contributed by atoms with E-state index >= 15 is 0 Å². The zero-order valence-electron chi connectivity index (χ0n) is 6.77. The predicted octanol–water partition coefficient (Wildman–Crippen LogP) is 1.93. The molecule has 0 amide bonds. The van der Waals surface area contributed by atoms with E-state index in [1.54, 1.807) is 0 Å². The van der Waals surface area contributed by atoms with Crippen molar-refractivity contribution in [3.8, 4) is 0 Å². The van der Waals surface area contributed by atoms with E-state index in [4.69, 9.17) is 5.11 Å². The van der Waals surface area contributed by atoms with Gasteiger partial charge >= 0.3 is 0 Å². The van der Waals surface area contributed by atoms with Gasteiger partial charge in [-0.2, -0.15) is 0 Å². The van der Waals surface area contributed by atoms with Crippen molar-refractivity contribution < 1.29 is 9.90 Å². The second kappa shape index (κ2) is 7.00. The molecule has 0 aliphatic heterocycles. The monoisotopic (exact) mass is 230 g/mol. The van der Waals surface area contributed by atoms with Gasteiger partial charge in [0.15, 0.2) is 0 Å². The fourth-order valence-electron chi connectivity index (χ4n) is 0.715. The second-order valence-electron chi connectivity index (χ2n) is 1.95. The first-order chi connectivity index (χ1) is 5.84. The lowest BCUT2D eigenvalue weighted by Gasteiger charge is -1.98. The summed E-state index contributed by atoms with van der Waals surface area (Å²) in [5.41, 5.74) is 0.998. The summed E-state index contributed by atoms with van der Waals surface area (Å²) in [6, 6.07) is 9.57. The smallest absolute Gasteiger partial charge is 0.138 e. The molecular weight excluding hydrogens is 220 g/mol. The second-order valence-corrected chi connectivity index (χ2v) is 2.94. The molecule has 1 unspecified atom stereocenters. The Morgan fingerprint density at radius 3 is 2.25 bits per heavy atom. The molecule has 1 aromatic carbocycles. The Morgan fingerprint density at radius 2 is 1.83 bits per heavy atom. The quantitative estimate of drug-likeness (QED) is 0.623. The molecule has 0 aliphatic carbocycles. The highest BCUT2D eigenvalue weighted by Gasteiger charge is 2.01. The first-order valence-corrected chi connectivity index (χ1v) is 4.35. The molecule has 0 heterocycles. The minimum Gasteiger partial charge on any atom is -0.400 e. The molecule has 0 fully saturated rings. The number of hydrogen-bond acceptors (Lipinski definition) is 2. The van der Waals surface area contributed by atoms with Crippen LogP contribution in [0.4, 0.5) is 0 Å². The third-order valence-corrected chi connectivity index (χ3v) is 1.98. The maximum Gasteiger partial charge on any atom is 0.138 e. The van der Waals surface area contributed by atoms with Crippen LogP contribution in [-0.2, 0) is 4.79 Å². The van der Waals surface area contributed by atoms with Gasteiger partial charge in [0.1, 0.15) is 6.29 Å². The van der Waals surface area contributed by atoms with Gasteiger partial charge in [0, 0.05) is 7.11 Å². The van der Waals surface area contributed by atoms with Gasteiger partial charge in [-0.1, -0.05) is 46.3 Å². The van der Waals surface area contributed by atoms with E-state index in [1.165, 1.54) is 0 Å². The Labute approximate surface area is 80.4 Å². The minimum absolute atomic E-state index is 0.159. The average molecular weight is 231 g/mol. The van der Waals surface area contributed by atoms with Crippen LogP contribution in [0.3, 0.4) is 0 Å². The van der Waals surface area contributed by atoms with Crippen molar-refractivity contribution in [2.75, 3.05) is 7.11 Å². The normalized spacial score (nSPS) is 10.9. The van der Waals surface area contributed by atoms with Crippen LogP contribution in [0.1, 0.15) is 10.4 Å². The number of rotatable bonds is 2. The van der Waals surface area contributed by atoms with Crippen molar-refractivity contribution in [1.29, 1.82) is 0 Å². The molecule has 2 nitrogen and oxygen atoms in total. The van der Waals surface area contributed by atoms with Crippen molar-refractivity contribution in [1.82, 2.24) is 0 Å². The van der Waals surface area contributed by atoms with Crippen LogP contribution in [-0.4, -0.2) is 18.5 Å². The fraction of sp³-hybridized carbons (Fsp3) is 0.222. The average Bonchev–Trinajstić information content (AvgIpc) is 2.21. The summed E-state index contributed by atoms with van der Waals surface area (Å²) in [5.74, 6) is 0. The predicted molar refractivity (Wildman–Crippen MR) is 52.3 cm³/mol. The zero-order valence-corrected chi connectivity index (χ0v) is 8.36. The van der Waals surface area contributed by atoms with Gasteiger partial charge in [-0.3, -0.25) is 0 Å². The molecule has 0 radical (unpaired) electrons. The number of alkyl halides is 1. The molecular formula is C9H11BrO2. The summed E-state index contributed by atoms with van der Waals surface area (Å²) in [4.78, 5) is 10.1. The van der Waals surface area contributed by atoms with Gasteiger partial charge < -0.3 is 9.90 Å². The summed E-state index contributed by atoms with van der Waals surface area (Å²) < 4.78 is 0. The molecule has 1 rings (SSSR count). The van der Waals surface area contributed by atoms with Gasteiger partial charge in [0.25, 0.3) is 0 Å². The Bertz CT molecular complexity index is 211. The SMILES string of the molecule is CO.O=CC(Br)c1ccccc1. The van der Waals surface area contributed by atoms with Crippen molar-refractivity contribution in [3.05, 3.63) is 35.9 Å². The Hall–Kier alpha value is -0.670. The first-order valence-electron chi connectivity index (χ1n) is 3.43. The number of carbonyl (C=O) groups is 1. The number of hydrogen-bond donors (Lipinski definition) is 1. The van der Waals surface area contributed by atoms with Crippen LogP contribution < -0.4 is 0 Å². The van der Waals surface area contributed by atoms with Gasteiger partial charge in [-0.15, -0.1) is 0 Å². The van der Waals surface area contributed by atoms with E-state index in [-0.39, 0.29) is 4.83 Å². The molecule has 1 N–H and O–H groups in total. The van der Waals surface area contributed by atoms with E-state index in [1.807, 2.05) is 30.3 Å². The van der Waals surface area contributed by atoms with Crippen molar-refractivity contribution in [2.24, 2.45) is 0 Å². The third kappa shape index (κ3) is 3.64. The Balaban J connectivity index is 0.000000561. The highest BCUT2D eigenvalue weighted by molar-refractivity contribution is 9.09. The topological polar surface area (TPSA) is 37.3 Å². The van der Waals surface area contributed by atoms with Crippen molar-refractivity contribution in [2.45, 2.75) is 4.83 Å². The number of aldehydes is 1. The molecule has 12 heavy (non-hydrogen) atoms. The van der Waals surface area contributed by atoms with Crippen molar-refractivity contribution in [3.63, 3.8) is 0 Å². The minimum atomic E-state index is -0.159. The van der Waals surface area contributed by atoms with Crippen LogP contribution in [0.15, 0.2) is 30.3 Å². The van der Waals surface area contributed by atoms with Gasteiger partial charge in [-0.25, -0.2) is 0 Å². The van der Waals surface area contributed by atoms with E-state index in [2.05, 4.69) is 15.9 Å². The molecule has 0 aromatic heterocycles. The summed E-state index contributed by atoms with van der Waals surface area (Å²) >= 11 is 3.22. The van der Waals surface area contributed by atoms with Crippen molar-refractivity contribution >= 4 is 22.2 Å². The molecule has 1 aromatic rings. The highest BCUT2D eigenvalue weighted by Crippen LogP contribution is 2.18. The van der Waals surface area contributed by atoms with Crippen LogP contribution in [0.25, 0.3) is 0 Å². The molecule has 0 spiro atoms. The van der Waals surface area contributed by atoms with E-state index < -0.39 is 0 Å². The standard InChI is InChI=1S/C8H7BrO.CH4O/c9-8(6-10)7-4-2-1-3-5-7;1-2/h1-6,8H;2H,1H3. The largest absolute Gasteiger partial charge is 0.400 e. The number of aliphatic hydroxyl groups is 1. The van der Waals surface area contributed by atoms with Crippen LogP contribution >= 0.6 is 15.9 Å². The lowest BCUT2D eigenvalue weighted by molar-refractivity contribution is -0.107. The summed E-state index contributed by atoms with van der Waals surface area (Å²) in [7, 11) is 1.00. The molecule has 0 saturated heterocycles. The Morgan fingerprint density at radius 1 is 1.33 bits per heavy atom. The lowest BCUT2D eigenvalue weighted by atomic mass is 10.2. The number of carbonyl (C=O) groups excluding carboxylic acids is 1. The number of benzene rings is 1. The molecule has 0 saturated carbocycles.